The van der Waals surface area contributed by atoms with Crippen molar-refractivity contribution < 1.29 is 14.6 Å². The van der Waals surface area contributed by atoms with Crippen LogP contribution in [-0.4, -0.2) is 42.2 Å². The minimum Gasteiger partial charge on any atom is -0.493 e. The average molecular weight is 291 g/mol. The Balaban J connectivity index is 1.76. The number of ether oxygens (including phenoxy) is 1. The maximum absolute atomic E-state index is 12.1. The van der Waals surface area contributed by atoms with E-state index in [-0.39, 0.29) is 12.5 Å². The highest BCUT2D eigenvalue weighted by Crippen LogP contribution is 2.22. The van der Waals surface area contributed by atoms with Crippen LogP contribution in [0.15, 0.2) is 18.2 Å². The van der Waals surface area contributed by atoms with Gasteiger partial charge in [0.25, 0.3) is 0 Å². The van der Waals surface area contributed by atoms with Crippen molar-refractivity contribution in [2.45, 2.75) is 33.1 Å². The molecule has 1 aliphatic heterocycles. The fourth-order valence-electron chi connectivity index (χ4n) is 2.76. The van der Waals surface area contributed by atoms with Gasteiger partial charge in [-0.2, -0.15) is 0 Å². The van der Waals surface area contributed by atoms with Crippen LogP contribution in [0.1, 0.15) is 30.4 Å². The first-order chi connectivity index (χ1) is 10.1. The molecule has 0 radical (unpaired) electrons. The summed E-state index contributed by atoms with van der Waals surface area (Å²) in [5.41, 5.74) is 2.33. The van der Waals surface area contributed by atoms with Gasteiger partial charge in [-0.15, -0.1) is 0 Å². The third-order valence-electron chi connectivity index (χ3n) is 4.30. The summed E-state index contributed by atoms with van der Waals surface area (Å²) in [6.07, 6.45) is 2.21. The fraction of sp³-hybridized carbons (Fsp3) is 0.588. The van der Waals surface area contributed by atoms with E-state index in [1.807, 2.05) is 24.0 Å². The number of hydrogen-bond donors (Lipinski definition) is 1. The molecule has 1 aromatic rings. The van der Waals surface area contributed by atoms with Gasteiger partial charge < -0.3 is 14.7 Å². The molecule has 21 heavy (non-hydrogen) atoms. The number of nitrogens with zero attached hydrogens (tertiary/aromatic N) is 1. The first-order valence-corrected chi connectivity index (χ1v) is 7.69. The molecule has 1 heterocycles. The monoisotopic (exact) mass is 291 g/mol. The molecule has 0 bridgehead atoms. The number of aliphatic hydroxyl groups is 1. The van der Waals surface area contributed by atoms with Gasteiger partial charge in [-0.25, -0.2) is 0 Å². The highest BCUT2D eigenvalue weighted by Gasteiger charge is 2.25. The lowest BCUT2D eigenvalue weighted by Gasteiger charge is -2.17. The minimum atomic E-state index is 0.153. The van der Waals surface area contributed by atoms with Gasteiger partial charge in [-0.05, 0) is 49.8 Å². The number of carbonyl (C=O) groups is 1. The molecule has 1 N–H and O–H groups in total. The van der Waals surface area contributed by atoms with Crippen molar-refractivity contribution in [2.24, 2.45) is 5.92 Å². The number of amides is 1. The maximum Gasteiger partial charge on any atom is 0.226 e. The van der Waals surface area contributed by atoms with Gasteiger partial charge in [0.05, 0.1) is 13.0 Å². The summed E-state index contributed by atoms with van der Waals surface area (Å²) >= 11 is 0. The molecule has 0 aliphatic carbocycles. The number of carbonyl (C=O) groups excluding carboxylic acids is 1. The second-order valence-corrected chi connectivity index (χ2v) is 5.80. The molecule has 0 spiro atoms. The lowest BCUT2D eigenvalue weighted by atomic mass is 10.1. The van der Waals surface area contributed by atoms with E-state index in [1.54, 1.807) is 0 Å². The Morgan fingerprint density at radius 3 is 3.00 bits per heavy atom. The molecule has 1 atom stereocenters. The van der Waals surface area contributed by atoms with E-state index in [1.165, 1.54) is 5.56 Å². The topological polar surface area (TPSA) is 49.8 Å². The first kappa shape index (κ1) is 15.8. The molecule has 0 aromatic heterocycles. The van der Waals surface area contributed by atoms with Crippen LogP contribution < -0.4 is 4.74 Å². The average Bonchev–Trinajstić information content (AvgIpc) is 2.92. The normalized spacial score (nSPS) is 18.0. The van der Waals surface area contributed by atoms with E-state index >= 15 is 0 Å². The van der Waals surface area contributed by atoms with Crippen molar-refractivity contribution in [3.63, 3.8) is 0 Å². The van der Waals surface area contributed by atoms with Crippen molar-refractivity contribution in [3.8, 4) is 5.75 Å². The Hall–Kier alpha value is -1.55. The zero-order chi connectivity index (χ0) is 15.2. The molecular weight excluding hydrogens is 266 g/mol. The lowest BCUT2D eigenvalue weighted by molar-refractivity contribution is -0.130. The molecule has 116 valence electrons. The second kappa shape index (κ2) is 7.46. The Bertz CT molecular complexity index is 487. The quantitative estimate of drug-likeness (QED) is 0.875. The van der Waals surface area contributed by atoms with E-state index in [2.05, 4.69) is 13.0 Å². The second-order valence-electron chi connectivity index (χ2n) is 5.80. The summed E-state index contributed by atoms with van der Waals surface area (Å²) in [5.74, 6) is 1.47. The number of rotatable bonds is 6. The molecule has 1 fully saturated rings. The standard InChI is InChI=1S/C17H25NO3/c1-13-4-3-5-16(14(13)2)21-11-8-17(20)18-9-6-15(12-18)7-10-19/h3-5,15,19H,6-12H2,1-2H3. The Kier molecular flexibility index (Phi) is 5.62. The number of aliphatic hydroxyl groups excluding tert-OH is 1. The number of hydrogen-bond acceptors (Lipinski definition) is 3. The van der Waals surface area contributed by atoms with Crippen molar-refractivity contribution in [1.29, 1.82) is 0 Å². The molecular formula is C17H25NO3. The Morgan fingerprint density at radius 1 is 1.43 bits per heavy atom. The third-order valence-corrected chi connectivity index (χ3v) is 4.30. The molecule has 1 amide bonds. The van der Waals surface area contributed by atoms with Gasteiger partial charge in [0.15, 0.2) is 0 Å². The highest BCUT2D eigenvalue weighted by molar-refractivity contribution is 5.76. The summed E-state index contributed by atoms with van der Waals surface area (Å²) in [5, 5.41) is 8.94. The predicted octanol–water partition coefficient (Wildman–Crippen LogP) is 2.30. The third kappa shape index (κ3) is 4.21. The van der Waals surface area contributed by atoms with Crippen LogP contribution in [0, 0.1) is 19.8 Å². The van der Waals surface area contributed by atoms with Gasteiger partial charge in [-0.1, -0.05) is 12.1 Å². The fourth-order valence-corrected chi connectivity index (χ4v) is 2.76. The summed E-state index contributed by atoms with van der Waals surface area (Å²) in [6.45, 7) is 6.31. The minimum absolute atomic E-state index is 0.153. The first-order valence-electron chi connectivity index (χ1n) is 7.69. The molecule has 0 saturated carbocycles. The van der Waals surface area contributed by atoms with E-state index < -0.39 is 0 Å². The van der Waals surface area contributed by atoms with Crippen molar-refractivity contribution in [1.82, 2.24) is 4.90 Å². The van der Waals surface area contributed by atoms with Gasteiger partial charge in [0.1, 0.15) is 5.75 Å². The summed E-state index contributed by atoms with van der Waals surface area (Å²) in [7, 11) is 0. The summed E-state index contributed by atoms with van der Waals surface area (Å²) in [4.78, 5) is 14.0. The largest absolute Gasteiger partial charge is 0.493 e. The smallest absolute Gasteiger partial charge is 0.226 e. The van der Waals surface area contributed by atoms with Gasteiger partial charge in [0, 0.05) is 19.7 Å². The van der Waals surface area contributed by atoms with Gasteiger partial charge >= 0.3 is 0 Å². The van der Waals surface area contributed by atoms with Crippen LogP contribution >= 0.6 is 0 Å². The predicted molar refractivity (Wildman–Crippen MR) is 82.4 cm³/mol. The zero-order valence-electron chi connectivity index (χ0n) is 13.0. The van der Waals surface area contributed by atoms with E-state index in [0.29, 0.717) is 18.9 Å². The van der Waals surface area contributed by atoms with Crippen LogP contribution in [0.3, 0.4) is 0 Å². The molecule has 4 nitrogen and oxygen atoms in total. The number of aryl methyl sites for hydroxylation is 1. The van der Waals surface area contributed by atoms with E-state index in [4.69, 9.17) is 9.84 Å². The molecule has 1 unspecified atom stereocenters. The Morgan fingerprint density at radius 2 is 2.24 bits per heavy atom. The van der Waals surface area contributed by atoms with Crippen molar-refractivity contribution in [3.05, 3.63) is 29.3 Å². The highest BCUT2D eigenvalue weighted by atomic mass is 16.5. The van der Waals surface area contributed by atoms with E-state index in [9.17, 15) is 4.79 Å². The van der Waals surface area contributed by atoms with Crippen molar-refractivity contribution in [2.75, 3.05) is 26.3 Å². The van der Waals surface area contributed by atoms with Gasteiger partial charge in [-0.3, -0.25) is 4.79 Å². The Labute approximate surface area is 126 Å². The summed E-state index contributed by atoms with van der Waals surface area (Å²) < 4.78 is 5.73. The molecule has 1 saturated heterocycles. The lowest BCUT2D eigenvalue weighted by Crippen LogP contribution is -2.29. The molecule has 4 heteroatoms. The van der Waals surface area contributed by atoms with Crippen LogP contribution in [0.2, 0.25) is 0 Å². The van der Waals surface area contributed by atoms with Crippen LogP contribution in [0.5, 0.6) is 5.75 Å². The summed E-state index contributed by atoms with van der Waals surface area (Å²) in [6, 6.07) is 5.97. The SMILES string of the molecule is Cc1cccc(OCCC(=O)N2CCC(CCO)C2)c1C. The van der Waals surface area contributed by atoms with Gasteiger partial charge in [0.2, 0.25) is 5.91 Å². The number of benzene rings is 1. The van der Waals surface area contributed by atoms with Crippen LogP contribution in [-0.2, 0) is 4.79 Å². The molecule has 1 aliphatic rings. The molecule has 1 aromatic carbocycles. The molecule has 2 rings (SSSR count). The maximum atomic E-state index is 12.1. The number of likely N-dealkylation sites (tertiary alicyclic amines) is 1. The van der Waals surface area contributed by atoms with Crippen LogP contribution in [0.25, 0.3) is 0 Å². The van der Waals surface area contributed by atoms with Crippen LogP contribution in [0.4, 0.5) is 0 Å². The zero-order valence-corrected chi connectivity index (χ0v) is 13.0. The van der Waals surface area contributed by atoms with Crippen molar-refractivity contribution >= 4 is 5.91 Å². The van der Waals surface area contributed by atoms with E-state index in [0.717, 1.165) is 37.2 Å².